The van der Waals surface area contributed by atoms with Crippen molar-refractivity contribution in [1.29, 1.82) is 5.41 Å². The van der Waals surface area contributed by atoms with Gasteiger partial charge in [-0.3, -0.25) is 5.41 Å². The molecule has 1 aliphatic rings. The van der Waals surface area contributed by atoms with Gasteiger partial charge in [-0.25, -0.2) is 0 Å². The molecule has 0 bridgehead atoms. The second-order valence-corrected chi connectivity index (χ2v) is 5.02. The maximum atomic E-state index is 7.29. The van der Waals surface area contributed by atoms with Gasteiger partial charge in [-0.1, -0.05) is 19.3 Å². The smallest absolute Gasteiger partial charge is 0.0920 e. The molecule has 1 saturated carbocycles. The summed E-state index contributed by atoms with van der Waals surface area (Å²) < 4.78 is 0. The van der Waals surface area contributed by atoms with Gasteiger partial charge in [-0.15, -0.1) is 0 Å². The minimum atomic E-state index is 0.304. The van der Waals surface area contributed by atoms with Crippen LogP contribution in [0.5, 0.6) is 0 Å². The van der Waals surface area contributed by atoms with Gasteiger partial charge in [0.1, 0.15) is 0 Å². The monoisotopic (exact) mass is 211 g/mol. The third kappa shape index (κ3) is 4.65. The molecule has 3 N–H and O–H groups in total. The number of amidine groups is 1. The first-order valence-corrected chi connectivity index (χ1v) is 6.12. The molecule has 0 aromatic carbocycles. The largest absolute Gasteiger partial charge is 0.388 e. The van der Waals surface area contributed by atoms with Crippen molar-refractivity contribution in [3.8, 4) is 0 Å². The van der Waals surface area contributed by atoms with Crippen LogP contribution in [0, 0.1) is 11.3 Å². The van der Waals surface area contributed by atoms with Crippen molar-refractivity contribution in [3.63, 3.8) is 0 Å². The van der Waals surface area contributed by atoms with Gasteiger partial charge >= 0.3 is 0 Å². The summed E-state index contributed by atoms with van der Waals surface area (Å²) in [6, 6.07) is 0.407. The summed E-state index contributed by atoms with van der Waals surface area (Å²) in [5.41, 5.74) is 5.42. The molecule has 0 aliphatic heterocycles. The highest BCUT2D eigenvalue weighted by Gasteiger charge is 2.18. The molecule has 0 saturated heterocycles. The summed E-state index contributed by atoms with van der Waals surface area (Å²) in [5, 5.41) is 7.29. The predicted octanol–water partition coefficient (Wildman–Crippen LogP) is 2.21. The highest BCUT2D eigenvalue weighted by atomic mass is 15.1. The SMILES string of the molecule is CC(CC(=N)N)N(C)CC1CCCCC1. The van der Waals surface area contributed by atoms with E-state index in [1.807, 2.05) is 0 Å². The molecule has 0 aromatic rings. The Kier molecular flexibility index (Phi) is 5.09. The zero-order valence-electron chi connectivity index (χ0n) is 10.1. The molecule has 1 rings (SSSR count). The highest BCUT2D eigenvalue weighted by Crippen LogP contribution is 2.24. The van der Waals surface area contributed by atoms with Crippen LogP contribution in [-0.2, 0) is 0 Å². The van der Waals surface area contributed by atoms with Crippen molar-refractivity contribution in [3.05, 3.63) is 0 Å². The van der Waals surface area contributed by atoms with Crippen LogP contribution in [-0.4, -0.2) is 30.4 Å². The molecule has 0 heterocycles. The maximum absolute atomic E-state index is 7.29. The van der Waals surface area contributed by atoms with Gasteiger partial charge in [-0.05, 0) is 32.7 Å². The molecule has 1 unspecified atom stereocenters. The fourth-order valence-corrected chi connectivity index (χ4v) is 2.43. The van der Waals surface area contributed by atoms with Crippen LogP contribution in [0.2, 0.25) is 0 Å². The van der Waals surface area contributed by atoms with E-state index in [9.17, 15) is 0 Å². The second-order valence-electron chi connectivity index (χ2n) is 5.02. The van der Waals surface area contributed by atoms with Gasteiger partial charge in [0, 0.05) is 19.0 Å². The molecule has 1 aliphatic carbocycles. The number of hydrogen-bond acceptors (Lipinski definition) is 2. The Morgan fingerprint density at radius 2 is 2.00 bits per heavy atom. The molecule has 1 atom stereocenters. The van der Waals surface area contributed by atoms with Crippen LogP contribution < -0.4 is 5.73 Å². The summed E-state index contributed by atoms with van der Waals surface area (Å²) in [7, 11) is 2.15. The summed E-state index contributed by atoms with van der Waals surface area (Å²) in [4.78, 5) is 2.36. The van der Waals surface area contributed by atoms with E-state index in [2.05, 4.69) is 18.9 Å². The van der Waals surface area contributed by atoms with Crippen LogP contribution in [0.15, 0.2) is 0 Å². The van der Waals surface area contributed by atoms with Crippen LogP contribution in [0.4, 0.5) is 0 Å². The molecule has 0 aromatic heterocycles. The first kappa shape index (κ1) is 12.5. The van der Waals surface area contributed by atoms with E-state index in [0.717, 1.165) is 5.92 Å². The molecule has 88 valence electrons. The number of nitrogens with one attached hydrogen (secondary N) is 1. The van der Waals surface area contributed by atoms with Gasteiger partial charge in [0.25, 0.3) is 0 Å². The minimum Gasteiger partial charge on any atom is -0.388 e. The summed E-state index contributed by atoms with van der Waals surface area (Å²) in [6.45, 7) is 3.33. The maximum Gasteiger partial charge on any atom is 0.0920 e. The number of hydrogen-bond donors (Lipinski definition) is 2. The zero-order chi connectivity index (χ0) is 11.3. The first-order chi connectivity index (χ1) is 7.09. The normalized spacial score (nSPS) is 20.5. The molecular weight excluding hydrogens is 186 g/mol. The Bertz CT molecular complexity index is 197. The van der Waals surface area contributed by atoms with Gasteiger partial charge in [-0.2, -0.15) is 0 Å². The van der Waals surface area contributed by atoms with E-state index in [4.69, 9.17) is 11.1 Å². The van der Waals surface area contributed by atoms with E-state index < -0.39 is 0 Å². The molecule has 1 fully saturated rings. The Hall–Kier alpha value is -0.570. The second kappa shape index (κ2) is 6.11. The quantitative estimate of drug-likeness (QED) is 0.541. The van der Waals surface area contributed by atoms with E-state index in [0.29, 0.717) is 18.3 Å². The molecule has 15 heavy (non-hydrogen) atoms. The third-order valence-corrected chi connectivity index (χ3v) is 3.54. The van der Waals surface area contributed by atoms with Gasteiger partial charge in [0.15, 0.2) is 0 Å². The lowest BCUT2D eigenvalue weighted by molar-refractivity contribution is 0.194. The van der Waals surface area contributed by atoms with Crippen molar-refractivity contribution in [1.82, 2.24) is 4.90 Å². The lowest BCUT2D eigenvalue weighted by Gasteiger charge is -2.30. The minimum absolute atomic E-state index is 0.304. The van der Waals surface area contributed by atoms with Gasteiger partial charge in [0.05, 0.1) is 5.84 Å². The van der Waals surface area contributed by atoms with Crippen molar-refractivity contribution in [2.24, 2.45) is 11.7 Å². The van der Waals surface area contributed by atoms with E-state index >= 15 is 0 Å². The van der Waals surface area contributed by atoms with Crippen molar-refractivity contribution in [2.75, 3.05) is 13.6 Å². The van der Waals surface area contributed by atoms with E-state index in [-0.39, 0.29) is 0 Å². The van der Waals surface area contributed by atoms with Gasteiger partial charge in [0.2, 0.25) is 0 Å². The van der Waals surface area contributed by atoms with Crippen LogP contribution in [0.25, 0.3) is 0 Å². The van der Waals surface area contributed by atoms with Crippen LogP contribution >= 0.6 is 0 Å². The molecule has 0 amide bonds. The number of nitrogens with two attached hydrogens (primary N) is 1. The van der Waals surface area contributed by atoms with Crippen LogP contribution in [0.1, 0.15) is 45.4 Å². The Labute approximate surface area is 93.5 Å². The molecule has 0 radical (unpaired) electrons. The average molecular weight is 211 g/mol. The molecule has 0 spiro atoms. The summed E-state index contributed by atoms with van der Waals surface area (Å²) in [6.07, 6.45) is 7.69. The fourth-order valence-electron chi connectivity index (χ4n) is 2.43. The van der Waals surface area contributed by atoms with Crippen molar-refractivity contribution in [2.45, 2.75) is 51.5 Å². The zero-order valence-corrected chi connectivity index (χ0v) is 10.1. The topological polar surface area (TPSA) is 53.1 Å². The third-order valence-electron chi connectivity index (χ3n) is 3.54. The Morgan fingerprint density at radius 1 is 1.40 bits per heavy atom. The lowest BCUT2D eigenvalue weighted by atomic mass is 9.88. The van der Waals surface area contributed by atoms with Crippen molar-refractivity contribution >= 4 is 5.84 Å². The van der Waals surface area contributed by atoms with Gasteiger partial charge < -0.3 is 10.6 Å². The average Bonchev–Trinajstić information content (AvgIpc) is 2.18. The Morgan fingerprint density at radius 3 is 2.53 bits per heavy atom. The van der Waals surface area contributed by atoms with E-state index in [1.165, 1.54) is 38.6 Å². The standard InChI is InChI=1S/C12H25N3/c1-10(8-12(13)14)15(2)9-11-6-4-3-5-7-11/h10-11H,3-9H2,1-2H3,(H3,13,14). The molecule has 3 nitrogen and oxygen atoms in total. The van der Waals surface area contributed by atoms with E-state index in [1.54, 1.807) is 0 Å². The molecular formula is C12H25N3. The summed E-state index contributed by atoms with van der Waals surface area (Å²) in [5.74, 6) is 1.18. The lowest BCUT2D eigenvalue weighted by Crippen LogP contribution is -2.36. The van der Waals surface area contributed by atoms with Crippen molar-refractivity contribution < 1.29 is 0 Å². The first-order valence-electron chi connectivity index (χ1n) is 6.12. The highest BCUT2D eigenvalue weighted by molar-refractivity contribution is 5.77. The number of rotatable bonds is 5. The summed E-state index contributed by atoms with van der Waals surface area (Å²) >= 11 is 0. The Balaban J connectivity index is 2.26. The number of nitrogens with zero attached hydrogens (tertiary/aromatic N) is 1. The fraction of sp³-hybridized carbons (Fsp3) is 0.917. The predicted molar refractivity (Wildman–Crippen MR) is 65.2 cm³/mol. The van der Waals surface area contributed by atoms with Crippen LogP contribution in [0.3, 0.4) is 0 Å². The molecule has 3 heteroatoms.